The van der Waals surface area contributed by atoms with Gasteiger partial charge in [0.15, 0.2) is 11.6 Å². The highest BCUT2D eigenvalue weighted by Gasteiger charge is 2.31. The number of H-pyrrole nitrogens is 1. The molecule has 155 valence electrons. The lowest BCUT2D eigenvalue weighted by Gasteiger charge is -2.34. The van der Waals surface area contributed by atoms with E-state index in [1.54, 1.807) is 0 Å². The minimum Gasteiger partial charge on any atom is -0.487 e. The van der Waals surface area contributed by atoms with Crippen LogP contribution in [-0.2, 0) is 4.74 Å². The van der Waals surface area contributed by atoms with Crippen LogP contribution in [0.15, 0.2) is 18.3 Å². The normalized spacial score (nSPS) is 21.6. The number of hydrogen-bond donors (Lipinski definition) is 1. The van der Waals surface area contributed by atoms with Crippen molar-refractivity contribution < 1.29 is 14.2 Å². The maximum atomic E-state index is 6.11. The Bertz CT molecular complexity index is 1090. The molecule has 1 saturated heterocycles. The first kappa shape index (κ1) is 17.9. The van der Waals surface area contributed by atoms with E-state index < -0.39 is 0 Å². The summed E-state index contributed by atoms with van der Waals surface area (Å²) in [6.07, 6.45) is 4.90. The first-order valence-corrected chi connectivity index (χ1v) is 10.6. The zero-order chi connectivity index (χ0) is 20.1. The summed E-state index contributed by atoms with van der Waals surface area (Å²) >= 11 is 0. The van der Waals surface area contributed by atoms with E-state index in [1.165, 1.54) is 5.92 Å². The second-order valence-electron chi connectivity index (χ2n) is 8.07. The fourth-order valence-corrected chi connectivity index (χ4v) is 4.15. The molecule has 8 nitrogen and oxygen atoms in total. The van der Waals surface area contributed by atoms with Crippen LogP contribution in [0.4, 0.5) is 5.82 Å². The van der Waals surface area contributed by atoms with Crippen LogP contribution in [-0.4, -0.2) is 59.0 Å². The topological polar surface area (TPSA) is 85.4 Å². The van der Waals surface area contributed by atoms with Crippen molar-refractivity contribution in [2.24, 2.45) is 0 Å². The van der Waals surface area contributed by atoms with Gasteiger partial charge in [0.2, 0.25) is 0 Å². The number of pyridine rings is 1. The molecule has 1 aliphatic carbocycles. The zero-order valence-electron chi connectivity index (χ0n) is 17.0. The molecule has 1 N–H and O–H groups in total. The Labute approximate surface area is 174 Å². The number of rotatable bonds is 3. The van der Waals surface area contributed by atoms with E-state index in [1.807, 2.05) is 12.3 Å². The van der Waals surface area contributed by atoms with E-state index in [4.69, 9.17) is 24.2 Å². The van der Waals surface area contributed by atoms with Gasteiger partial charge in [0, 0.05) is 36.5 Å². The molecule has 0 spiro atoms. The second-order valence-corrected chi connectivity index (χ2v) is 8.07. The van der Waals surface area contributed by atoms with Gasteiger partial charge in [-0.2, -0.15) is 4.98 Å². The van der Waals surface area contributed by atoms with Gasteiger partial charge in [-0.05, 0) is 25.8 Å². The molecule has 0 amide bonds. The molecule has 6 rings (SSSR count). The summed E-state index contributed by atoms with van der Waals surface area (Å²) in [6, 6.07) is 4.39. The molecule has 2 fully saturated rings. The quantitative estimate of drug-likeness (QED) is 0.715. The van der Waals surface area contributed by atoms with E-state index in [0.29, 0.717) is 43.9 Å². The van der Waals surface area contributed by atoms with Crippen LogP contribution in [0.2, 0.25) is 0 Å². The predicted octanol–water partition coefficient (Wildman–Crippen LogP) is 3.12. The summed E-state index contributed by atoms with van der Waals surface area (Å²) in [5, 5.41) is 0.943. The van der Waals surface area contributed by atoms with Crippen molar-refractivity contribution in [1.29, 1.82) is 0 Å². The Hall–Kier alpha value is -2.87. The molecule has 8 heteroatoms. The molecule has 0 bridgehead atoms. The number of fused-ring (bicyclic) bond motifs is 2. The zero-order valence-corrected chi connectivity index (χ0v) is 17.0. The van der Waals surface area contributed by atoms with Crippen LogP contribution in [0.3, 0.4) is 0 Å². The molecule has 3 aromatic rings. The third-order valence-corrected chi connectivity index (χ3v) is 5.86. The molecule has 3 aliphatic rings. The van der Waals surface area contributed by atoms with Crippen molar-refractivity contribution in [3.8, 4) is 23.0 Å². The Kier molecular flexibility index (Phi) is 4.26. The van der Waals surface area contributed by atoms with Crippen molar-refractivity contribution in [3.05, 3.63) is 29.9 Å². The summed E-state index contributed by atoms with van der Waals surface area (Å²) < 4.78 is 17.6. The number of ether oxygens (including phenoxy) is 3. The number of nitrogens with zero attached hydrogens (tertiary/aromatic N) is 4. The third kappa shape index (κ3) is 3.06. The molecular formula is C22H24N5O3. The minimum absolute atomic E-state index is 0.264. The van der Waals surface area contributed by atoms with Gasteiger partial charge >= 0.3 is 0 Å². The Balaban J connectivity index is 1.56. The molecular weight excluding hydrogens is 382 g/mol. The largest absolute Gasteiger partial charge is 0.487 e. The molecule has 5 heterocycles. The number of morpholine rings is 1. The maximum Gasteiger partial charge on any atom is 0.259 e. The molecule has 1 radical (unpaired) electrons. The Morgan fingerprint density at radius 3 is 2.87 bits per heavy atom. The molecule has 2 aliphatic heterocycles. The highest BCUT2D eigenvalue weighted by atomic mass is 16.5. The van der Waals surface area contributed by atoms with Gasteiger partial charge in [0.1, 0.15) is 11.5 Å². The Morgan fingerprint density at radius 2 is 2.00 bits per heavy atom. The van der Waals surface area contributed by atoms with Crippen molar-refractivity contribution >= 4 is 16.9 Å². The van der Waals surface area contributed by atoms with Gasteiger partial charge < -0.3 is 24.1 Å². The highest BCUT2D eigenvalue weighted by molar-refractivity contribution is 5.96. The van der Waals surface area contributed by atoms with E-state index >= 15 is 0 Å². The average molecular weight is 406 g/mol. The smallest absolute Gasteiger partial charge is 0.259 e. The van der Waals surface area contributed by atoms with Gasteiger partial charge in [-0.3, -0.25) is 0 Å². The van der Waals surface area contributed by atoms with E-state index in [2.05, 4.69) is 27.9 Å². The highest BCUT2D eigenvalue weighted by Crippen LogP contribution is 2.44. The van der Waals surface area contributed by atoms with Crippen LogP contribution in [0.1, 0.15) is 31.9 Å². The summed E-state index contributed by atoms with van der Waals surface area (Å²) in [5.41, 5.74) is 2.63. The summed E-state index contributed by atoms with van der Waals surface area (Å²) in [6.45, 7) is 5.57. The number of aromatic nitrogens is 4. The fourth-order valence-electron chi connectivity index (χ4n) is 4.15. The van der Waals surface area contributed by atoms with Crippen LogP contribution in [0, 0.1) is 5.92 Å². The average Bonchev–Trinajstić information content (AvgIpc) is 3.55. The second kappa shape index (κ2) is 7.12. The molecule has 1 atom stereocenters. The van der Waals surface area contributed by atoms with Gasteiger partial charge in [0.05, 0.1) is 43.7 Å². The molecule has 0 unspecified atom stereocenters. The van der Waals surface area contributed by atoms with E-state index in [0.717, 1.165) is 53.9 Å². The van der Waals surface area contributed by atoms with Crippen LogP contribution in [0.25, 0.3) is 22.4 Å². The summed E-state index contributed by atoms with van der Waals surface area (Å²) in [5.74, 6) is 4.12. The lowest BCUT2D eigenvalue weighted by atomic mass is 10.1. The molecule has 30 heavy (non-hydrogen) atoms. The van der Waals surface area contributed by atoms with Crippen molar-refractivity contribution in [1.82, 2.24) is 19.9 Å². The van der Waals surface area contributed by atoms with Crippen molar-refractivity contribution in [2.75, 3.05) is 37.9 Å². The minimum atomic E-state index is 0.264. The summed E-state index contributed by atoms with van der Waals surface area (Å²) in [4.78, 5) is 20.1. The van der Waals surface area contributed by atoms with Gasteiger partial charge in [-0.1, -0.05) is 0 Å². The van der Waals surface area contributed by atoms with Crippen LogP contribution >= 0.6 is 0 Å². The van der Waals surface area contributed by atoms with Crippen LogP contribution in [0.5, 0.6) is 11.6 Å². The third-order valence-electron chi connectivity index (χ3n) is 5.86. The predicted molar refractivity (Wildman–Crippen MR) is 112 cm³/mol. The summed E-state index contributed by atoms with van der Waals surface area (Å²) in [7, 11) is 0. The first-order chi connectivity index (χ1) is 14.8. The van der Waals surface area contributed by atoms with Crippen LogP contribution < -0.4 is 14.4 Å². The van der Waals surface area contributed by atoms with Crippen molar-refractivity contribution in [2.45, 2.75) is 32.2 Å². The van der Waals surface area contributed by atoms with Gasteiger partial charge in [0.25, 0.3) is 5.88 Å². The molecule has 3 aromatic heterocycles. The SMILES string of the molecule is C[C@@H]1COCCN1c1cc([C]2CC2)nc(-c2c3c(nc4[nH]ccc24)OCCCO3)n1. The fraction of sp³-hybridized carbons (Fsp3) is 0.455. The molecule has 0 aromatic carbocycles. The number of anilines is 1. The Morgan fingerprint density at radius 1 is 1.10 bits per heavy atom. The number of nitrogens with one attached hydrogen (secondary N) is 1. The van der Waals surface area contributed by atoms with E-state index in [-0.39, 0.29) is 6.04 Å². The number of hydrogen-bond acceptors (Lipinski definition) is 7. The van der Waals surface area contributed by atoms with Crippen molar-refractivity contribution in [3.63, 3.8) is 0 Å². The lowest BCUT2D eigenvalue weighted by Crippen LogP contribution is -2.44. The molecule has 1 saturated carbocycles. The first-order valence-electron chi connectivity index (χ1n) is 10.6. The number of aromatic amines is 1. The monoisotopic (exact) mass is 406 g/mol. The van der Waals surface area contributed by atoms with E-state index in [9.17, 15) is 0 Å². The standard InChI is InChI=1S/C22H24N5O3/c1-13-12-28-10-7-27(13)17-11-16(14-3-4-14)24-21(25-17)18-15-5-6-23-20(15)26-22-19(18)29-8-2-9-30-22/h5-6,11,13H,2-4,7-10,12H2,1H3,(H,23,26)/t13-/m1/s1. The van der Waals surface area contributed by atoms with Gasteiger partial charge in [-0.25, -0.2) is 9.97 Å². The lowest BCUT2D eigenvalue weighted by molar-refractivity contribution is 0.0985. The van der Waals surface area contributed by atoms with Gasteiger partial charge in [-0.15, -0.1) is 0 Å². The maximum absolute atomic E-state index is 6.11.